The molecular weight excluding hydrogens is 434 g/mol. The zero-order valence-electron chi connectivity index (χ0n) is 17.9. The van der Waals surface area contributed by atoms with Gasteiger partial charge in [0.05, 0.1) is 0 Å². The van der Waals surface area contributed by atoms with Crippen LogP contribution in [0, 0.1) is 5.92 Å². The van der Waals surface area contributed by atoms with Crippen molar-refractivity contribution in [3.05, 3.63) is 49.4 Å². The molecule has 2 rings (SSSR count). The number of hydrogen-bond donors (Lipinski definition) is 0. The Balaban J connectivity index is 0.00000338. The van der Waals surface area contributed by atoms with Crippen molar-refractivity contribution in [3.8, 4) is 5.75 Å². The number of rotatable bonds is 3. The van der Waals surface area contributed by atoms with Crippen LogP contribution in [0.25, 0.3) is 0 Å². The van der Waals surface area contributed by atoms with Crippen LogP contribution in [-0.4, -0.2) is 3.81 Å². The van der Waals surface area contributed by atoms with Crippen LogP contribution in [-0.2, 0) is 23.2 Å². The molecule has 1 aliphatic carbocycles. The van der Waals surface area contributed by atoms with Crippen molar-refractivity contribution in [1.82, 2.24) is 0 Å². The minimum Gasteiger partial charge on any atom is -0.147 e. The monoisotopic (exact) mass is 466 g/mol. The molecule has 0 heterocycles. The van der Waals surface area contributed by atoms with Crippen molar-refractivity contribution in [2.24, 2.45) is 5.92 Å². The summed E-state index contributed by atoms with van der Waals surface area (Å²) in [6.45, 7) is 20.2. The normalized spacial score (nSPS) is 16.7. The summed E-state index contributed by atoms with van der Waals surface area (Å²) >= 11 is 4.38. The summed E-state index contributed by atoms with van der Waals surface area (Å²) in [6, 6.07) is 6.19. The van der Waals surface area contributed by atoms with Gasteiger partial charge in [0.25, 0.3) is 0 Å². The fraction of sp³-hybridized carbons (Fsp3) is 0.500. The first kappa shape index (κ1) is 27.0. The van der Waals surface area contributed by atoms with E-state index in [0.29, 0.717) is 5.92 Å². The van der Waals surface area contributed by atoms with Crippen molar-refractivity contribution in [1.29, 1.82) is 0 Å². The van der Waals surface area contributed by atoms with Crippen LogP contribution in [0.3, 0.4) is 0 Å². The molecule has 0 aromatic heterocycles. The molecule has 0 saturated carbocycles. The van der Waals surface area contributed by atoms with Gasteiger partial charge in [-0.05, 0) is 0 Å². The number of benzene rings is 1. The quantitative estimate of drug-likeness (QED) is 0.411. The van der Waals surface area contributed by atoms with Gasteiger partial charge in [-0.3, -0.25) is 0 Å². The van der Waals surface area contributed by atoms with Crippen LogP contribution in [0.4, 0.5) is 0 Å². The van der Waals surface area contributed by atoms with Gasteiger partial charge in [-0.15, -0.1) is 24.8 Å². The number of hydrogen-bond acceptors (Lipinski definition) is 1. The predicted octanol–water partition coefficient (Wildman–Crippen LogP) is 7.87. The minimum atomic E-state index is -2.01. The topological polar surface area (TPSA) is 9.23 Å². The summed E-state index contributed by atoms with van der Waals surface area (Å²) in [6.07, 6.45) is 0. The molecule has 0 amide bonds. The zero-order valence-corrected chi connectivity index (χ0v) is 21.9. The van der Waals surface area contributed by atoms with Crippen LogP contribution in [0.5, 0.6) is 5.75 Å². The van der Waals surface area contributed by atoms with E-state index in [2.05, 4.69) is 74.4 Å². The minimum absolute atomic E-state index is 0. The number of allylic oxidation sites excluding steroid dienone is 4. The van der Waals surface area contributed by atoms with E-state index >= 15 is 0 Å². The van der Waals surface area contributed by atoms with E-state index in [-0.39, 0.29) is 30.2 Å². The van der Waals surface area contributed by atoms with Gasteiger partial charge in [-0.1, -0.05) is 0 Å². The largest absolute Gasteiger partial charge is 0.147 e. The first-order valence-corrected chi connectivity index (χ1v) is 11.6. The molecule has 1 nitrogen and oxygen atoms in total. The molecule has 0 spiro atoms. The molecular formula is C22H33Cl3OTi. The van der Waals surface area contributed by atoms with E-state index in [1.165, 1.54) is 26.1 Å². The molecule has 0 N–H and O–H groups in total. The van der Waals surface area contributed by atoms with E-state index in [1.54, 1.807) is 3.88 Å². The average molecular weight is 468 g/mol. The molecule has 1 unspecified atom stereocenters. The van der Waals surface area contributed by atoms with Crippen molar-refractivity contribution in [2.45, 2.75) is 67.7 Å². The molecule has 5 heteroatoms. The Kier molecular flexibility index (Phi) is 10.1. The molecule has 1 atom stereocenters. The van der Waals surface area contributed by atoms with E-state index in [9.17, 15) is 0 Å². The zero-order chi connectivity index (χ0) is 19.1. The SMILES string of the molecule is CC1=C(C)C(C)[C]([Ti]([O]c2cc(Cl)cc(C(C)(C)C)c2)=[C](C)C)=C1C.Cl.Cl. The standard InChI is InChI=1S/C10H13ClO.C9H13.C3H6.2ClH.Ti/c1-10(2,3)7-4-8(11)6-9(12)5-7;1-6-5-7(2)9(4)8(6)3;1-3-2;;;/h4-6,12H,1-3H3;6H,1-4H3;1-2H3;2*1H;/q;;;;;+1/p-1. The molecule has 0 saturated heterocycles. The summed E-state index contributed by atoms with van der Waals surface area (Å²) < 4.78 is 9.65. The van der Waals surface area contributed by atoms with Gasteiger partial charge in [0.15, 0.2) is 0 Å². The first-order valence-electron chi connectivity index (χ1n) is 8.98. The molecule has 1 aromatic carbocycles. The maximum absolute atomic E-state index is 6.67. The van der Waals surface area contributed by atoms with Crippen molar-refractivity contribution >= 4 is 40.2 Å². The van der Waals surface area contributed by atoms with Gasteiger partial charge in [0.2, 0.25) is 0 Å². The maximum atomic E-state index is 6.67. The van der Waals surface area contributed by atoms with E-state index in [0.717, 1.165) is 10.8 Å². The number of halogens is 3. The van der Waals surface area contributed by atoms with Gasteiger partial charge < -0.3 is 0 Å². The third-order valence-electron chi connectivity index (χ3n) is 5.30. The van der Waals surface area contributed by atoms with Gasteiger partial charge in [-0.2, -0.15) is 0 Å². The van der Waals surface area contributed by atoms with Crippen LogP contribution in [0.2, 0.25) is 5.02 Å². The Bertz CT molecular complexity index is 794. The summed E-state index contributed by atoms with van der Waals surface area (Å²) in [5.41, 5.74) is 5.65. The maximum Gasteiger partial charge on any atom is -0.147 e. The van der Waals surface area contributed by atoms with Gasteiger partial charge >= 0.3 is 165 Å². The molecule has 152 valence electrons. The molecule has 0 aliphatic heterocycles. The Morgan fingerprint density at radius 1 is 1.00 bits per heavy atom. The average Bonchev–Trinajstić information content (AvgIpc) is 2.67. The van der Waals surface area contributed by atoms with E-state index in [1.807, 2.05) is 6.07 Å². The predicted molar refractivity (Wildman–Crippen MR) is 122 cm³/mol. The summed E-state index contributed by atoms with van der Waals surface area (Å²) in [5.74, 6) is 1.41. The van der Waals surface area contributed by atoms with Gasteiger partial charge in [0, 0.05) is 0 Å². The summed E-state index contributed by atoms with van der Waals surface area (Å²) in [7, 11) is 0. The Morgan fingerprint density at radius 3 is 1.96 bits per heavy atom. The smallest absolute Gasteiger partial charge is 0.147 e. The molecule has 0 bridgehead atoms. The second kappa shape index (κ2) is 10.1. The second-order valence-corrected chi connectivity index (χ2v) is 12.6. The molecule has 0 radical (unpaired) electrons. The van der Waals surface area contributed by atoms with Crippen LogP contribution >= 0.6 is 36.4 Å². The van der Waals surface area contributed by atoms with Gasteiger partial charge in [0.1, 0.15) is 0 Å². The Labute approximate surface area is 189 Å². The third-order valence-corrected chi connectivity index (χ3v) is 9.65. The van der Waals surface area contributed by atoms with E-state index < -0.39 is 17.8 Å². The van der Waals surface area contributed by atoms with Crippen molar-refractivity contribution < 1.29 is 21.1 Å². The Hall–Kier alpha value is -0.0457. The van der Waals surface area contributed by atoms with Crippen LogP contribution in [0.1, 0.15) is 67.9 Å². The third kappa shape index (κ3) is 5.97. The fourth-order valence-corrected chi connectivity index (χ4v) is 7.22. The fourth-order valence-electron chi connectivity index (χ4n) is 3.33. The van der Waals surface area contributed by atoms with Crippen LogP contribution in [0.15, 0.2) is 38.8 Å². The first-order chi connectivity index (χ1) is 11.4. The molecule has 27 heavy (non-hydrogen) atoms. The molecule has 0 fully saturated rings. The molecule has 1 aromatic rings. The summed E-state index contributed by atoms with van der Waals surface area (Å²) in [5, 5.41) is 0.754. The van der Waals surface area contributed by atoms with Gasteiger partial charge in [-0.25, -0.2) is 0 Å². The van der Waals surface area contributed by atoms with Crippen molar-refractivity contribution in [2.75, 3.05) is 0 Å². The molecule has 1 aliphatic rings. The van der Waals surface area contributed by atoms with Crippen molar-refractivity contribution in [3.63, 3.8) is 0 Å². The van der Waals surface area contributed by atoms with E-state index in [4.69, 9.17) is 14.9 Å². The summed E-state index contributed by atoms with van der Waals surface area (Å²) in [4.78, 5) is 0. The second-order valence-electron chi connectivity index (χ2n) is 8.43. The Morgan fingerprint density at radius 2 is 1.56 bits per heavy atom. The van der Waals surface area contributed by atoms with Crippen LogP contribution < -0.4 is 3.32 Å².